The van der Waals surface area contributed by atoms with Crippen molar-refractivity contribution in [2.75, 3.05) is 5.32 Å². The van der Waals surface area contributed by atoms with E-state index in [1.807, 2.05) is 5.41 Å². The number of aromatic nitrogens is 1. The third-order valence-corrected chi connectivity index (χ3v) is 4.60. The van der Waals surface area contributed by atoms with Crippen molar-refractivity contribution in [3.63, 3.8) is 0 Å². The van der Waals surface area contributed by atoms with Gasteiger partial charge in [0.2, 0.25) is 5.91 Å². The summed E-state index contributed by atoms with van der Waals surface area (Å²) in [6.45, 7) is 4.19. The number of amides is 1. The summed E-state index contributed by atoms with van der Waals surface area (Å²) in [5, 5.41) is 8.20. The summed E-state index contributed by atoms with van der Waals surface area (Å²) in [6, 6.07) is 0. The molecule has 4 N–H and O–H groups in total. The Hall–Kier alpha value is -1.05. The maximum absolute atomic E-state index is 11.8. The van der Waals surface area contributed by atoms with E-state index in [1.54, 1.807) is 12.4 Å². The Morgan fingerprint density at radius 3 is 3.00 bits per heavy atom. The largest absolute Gasteiger partial charge is 0.364 e. The third-order valence-electron chi connectivity index (χ3n) is 2.44. The molecule has 1 aliphatic rings. The lowest BCUT2D eigenvalue weighted by atomic mass is 10.2. The second-order valence-electron chi connectivity index (χ2n) is 4.40. The zero-order valence-corrected chi connectivity index (χ0v) is 11.9. The Kier molecular flexibility index (Phi) is 3.94. The average molecular weight is 284 g/mol. The van der Waals surface area contributed by atoms with Crippen LogP contribution in [0.4, 0.5) is 5.13 Å². The molecule has 0 fully saturated rings. The molecule has 0 saturated carbocycles. The van der Waals surface area contributed by atoms with Gasteiger partial charge in [-0.15, -0.1) is 11.3 Å². The number of hydrogen-bond acceptors (Lipinski definition) is 6. The van der Waals surface area contributed by atoms with Crippen molar-refractivity contribution in [1.82, 2.24) is 10.3 Å². The van der Waals surface area contributed by atoms with Gasteiger partial charge in [0.25, 0.3) is 0 Å². The summed E-state index contributed by atoms with van der Waals surface area (Å²) in [5.74, 6) is 0.288. The normalized spacial score (nSPS) is 22.2. The first-order valence-corrected chi connectivity index (χ1v) is 7.33. The topological polar surface area (TPSA) is 80.0 Å². The van der Waals surface area contributed by atoms with Gasteiger partial charge in [0, 0.05) is 17.3 Å². The minimum atomic E-state index is -0.734. The number of thioether (sulfide) groups is 1. The number of carbonyl (C=O) groups is 1. The van der Waals surface area contributed by atoms with Crippen LogP contribution < -0.4 is 16.4 Å². The van der Waals surface area contributed by atoms with Crippen LogP contribution in [0.2, 0.25) is 0 Å². The quantitative estimate of drug-likeness (QED) is 0.788. The van der Waals surface area contributed by atoms with Crippen LogP contribution in [-0.4, -0.2) is 15.9 Å². The fourth-order valence-electron chi connectivity index (χ4n) is 1.47. The van der Waals surface area contributed by atoms with Crippen LogP contribution in [0, 0.1) is 0 Å². The second-order valence-corrected chi connectivity index (χ2v) is 6.70. The maximum Gasteiger partial charge on any atom is 0.230 e. The molecule has 1 aromatic rings. The molecule has 1 aromatic heterocycles. The van der Waals surface area contributed by atoms with E-state index in [-0.39, 0.29) is 12.3 Å². The van der Waals surface area contributed by atoms with E-state index >= 15 is 0 Å². The van der Waals surface area contributed by atoms with Crippen LogP contribution >= 0.6 is 23.1 Å². The van der Waals surface area contributed by atoms with Crippen LogP contribution in [0.1, 0.15) is 31.1 Å². The first kappa shape index (κ1) is 13.4. The van der Waals surface area contributed by atoms with Gasteiger partial charge in [-0.3, -0.25) is 10.5 Å². The summed E-state index contributed by atoms with van der Waals surface area (Å²) >= 11 is 2.90. The van der Waals surface area contributed by atoms with Crippen molar-refractivity contribution >= 4 is 34.1 Å². The Balaban J connectivity index is 1.90. The van der Waals surface area contributed by atoms with Crippen molar-refractivity contribution < 1.29 is 4.79 Å². The lowest BCUT2D eigenvalue weighted by Crippen LogP contribution is -2.47. The highest BCUT2D eigenvalue weighted by Crippen LogP contribution is 2.28. The van der Waals surface area contributed by atoms with Crippen molar-refractivity contribution in [3.8, 4) is 0 Å². The smallest absolute Gasteiger partial charge is 0.230 e. The van der Waals surface area contributed by atoms with Gasteiger partial charge in [0.1, 0.15) is 4.99 Å². The number of anilines is 1. The first-order chi connectivity index (χ1) is 8.48. The van der Waals surface area contributed by atoms with E-state index in [2.05, 4.69) is 29.5 Å². The first-order valence-electron chi connectivity index (χ1n) is 5.63. The van der Waals surface area contributed by atoms with E-state index in [0.29, 0.717) is 11.0 Å². The van der Waals surface area contributed by atoms with Crippen LogP contribution in [0.25, 0.3) is 0 Å². The van der Waals surface area contributed by atoms with Gasteiger partial charge >= 0.3 is 0 Å². The Labute approximate surface area is 114 Å². The number of thiazole rings is 1. The van der Waals surface area contributed by atoms with Gasteiger partial charge in [0.15, 0.2) is 5.13 Å². The summed E-state index contributed by atoms with van der Waals surface area (Å²) in [6.07, 6.45) is 3.74. The Morgan fingerprint density at radius 1 is 1.67 bits per heavy atom. The van der Waals surface area contributed by atoms with Crippen LogP contribution in [0.5, 0.6) is 0 Å². The van der Waals surface area contributed by atoms with E-state index in [0.717, 1.165) is 4.88 Å². The van der Waals surface area contributed by atoms with Crippen molar-refractivity contribution in [1.29, 1.82) is 0 Å². The molecule has 18 heavy (non-hydrogen) atoms. The molecular weight excluding hydrogens is 268 g/mol. The third kappa shape index (κ3) is 3.24. The van der Waals surface area contributed by atoms with E-state index < -0.39 is 4.99 Å². The fourth-order valence-corrected chi connectivity index (χ4v) is 3.03. The summed E-state index contributed by atoms with van der Waals surface area (Å²) in [5.41, 5.74) is 5.98. The molecule has 7 heteroatoms. The van der Waals surface area contributed by atoms with Crippen LogP contribution in [0.3, 0.4) is 0 Å². The second kappa shape index (κ2) is 5.29. The molecule has 0 spiro atoms. The predicted octanol–water partition coefficient (Wildman–Crippen LogP) is 2.02. The molecule has 98 valence electrons. The van der Waals surface area contributed by atoms with E-state index in [9.17, 15) is 4.79 Å². The summed E-state index contributed by atoms with van der Waals surface area (Å²) in [7, 11) is 0. The van der Waals surface area contributed by atoms with Gasteiger partial charge < -0.3 is 10.6 Å². The lowest BCUT2D eigenvalue weighted by molar-refractivity contribution is -0.116. The minimum Gasteiger partial charge on any atom is -0.364 e. The van der Waals surface area contributed by atoms with Gasteiger partial charge in [0.05, 0.1) is 6.42 Å². The van der Waals surface area contributed by atoms with E-state index in [1.165, 1.54) is 23.1 Å². The Bertz CT molecular complexity index is 461. The minimum absolute atomic E-state index is 0.133. The highest BCUT2D eigenvalue weighted by atomic mass is 32.2. The maximum atomic E-state index is 11.8. The zero-order chi connectivity index (χ0) is 13.2. The fraction of sp³-hybridized carbons (Fsp3) is 0.455. The van der Waals surface area contributed by atoms with E-state index in [4.69, 9.17) is 5.73 Å². The molecule has 0 saturated heterocycles. The van der Waals surface area contributed by atoms with Gasteiger partial charge in [-0.1, -0.05) is 25.6 Å². The van der Waals surface area contributed by atoms with Gasteiger partial charge in [-0.2, -0.15) is 0 Å². The molecule has 0 bridgehead atoms. The molecule has 1 atom stereocenters. The van der Waals surface area contributed by atoms with Crippen LogP contribution in [-0.2, 0) is 4.79 Å². The highest BCUT2D eigenvalue weighted by Gasteiger charge is 2.29. The predicted molar refractivity (Wildman–Crippen MR) is 76.2 cm³/mol. The molecule has 0 radical (unpaired) electrons. The molecule has 0 aliphatic carbocycles. The number of carbonyl (C=O) groups excluding carboxylic acids is 1. The van der Waals surface area contributed by atoms with Crippen LogP contribution in [0.15, 0.2) is 17.8 Å². The number of nitrogens with two attached hydrogens (primary N) is 1. The van der Waals surface area contributed by atoms with Gasteiger partial charge in [-0.25, -0.2) is 4.98 Å². The standard InChI is InChI=1S/C11H16N4OS2/c1-7(2)8-6-13-10(18-8)15-9(16)5-11(12)14-3-4-17-11/h3-4,6-7,14H,5,12H2,1-2H3,(H,13,15,16). The van der Waals surface area contributed by atoms with Gasteiger partial charge in [-0.05, 0) is 11.3 Å². The summed E-state index contributed by atoms with van der Waals surface area (Å²) < 4.78 is 0. The molecule has 1 aliphatic heterocycles. The monoisotopic (exact) mass is 284 g/mol. The van der Waals surface area contributed by atoms with Crippen molar-refractivity contribution in [3.05, 3.63) is 22.7 Å². The van der Waals surface area contributed by atoms with Crippen molar-refractivity contribution in [2.45, 2.75) is 31.2 Å². The molecule has 1 unspecified atom stereocenters. The number of hydrogen-bond donors (Lipinski definition) is 3. The lowest BCUT2D eigenvalue weighted by Gasteiger charge is -2.22. The highest BCUT2D eigenvalue weighted by molar-refractivity contribution is 8.03. The number of nitrogens with zero attached hydrogens (tertiary/aromatic N) is 1. The zero-order valence-electron chi connectivity index (χ0n) is 10.3. The molecule has 1 amide bonds. The Morgan fingerprint density at radius 2 is 2.44 bits per heavy atom. The molecule has 2 heterocycles. The molecule has 5 nitrogen and oxygen atoms in total. The summed E-state index contributed by atoms with van der Waals surface area (Å²) in [4.78, 5) is 16.4. The SMILES string of the molecule is CC(C)c1cnc(NC(=O)CC2(N)NC=CS2)s1. The average Bonchev–Trinajstić information content (AvgIpc) is 2.87. The van der Waals surface area contributed by atoms with Crippen molar-refractivity contribution in [2.24, 2.45) is 5.73 Å². The molecule has 0 aromatic carbocycles. The molecular formula is C11H16N4OS2. The number of nitrogens with one attached hydrogen (secondary N) is 2. The molecule has 2 rings (SSSR count). The number of rotatable bonds is 4.